The second kappa shape index (κ2) is 3.66. The third-order valence-corrected chi connectivity index (χ3v) is 2.97. The fourth-order valence-electron chi connectivity index (χ4n) is 2.19. The zero-order valence-corrected chi connectivity index (χ0v) is 9.01. The Kier molecular flexibility index (Phi) is 2.14. The van der Waals surface area contributed by atoms with Crippen LogP contribution in [-0.4, -0.2) is 17.8 Å². The predicted molar refractivity (Wildman–Crippen MR) is 62.8 cm³/mol. The van der Waals surface area contributed by atoms with Crippen molar-refractivity contribution >= 4 is 16.9 Å². The molecule has 86 valence electrons. The topological polar surface area (TPSA) is 58.6 Å². The van der Waals surface area contributed by atoms with Gasteiger partial charge >= 0.3 is 6.09 Å². The number of cyclic esters (lactones) is 1. The number of carbonyl (C=O) groups excluding carboxylic acids is 1. The quantitative estimate of drug-likeness (QED) is 0.789. The van der Waals surface area contributed by atoms with E-state index < -0.39 is 6.09 Å². The SMILES string of the molecule is O=C1N[C@@H](c2c(O)ccc3ccccc23)CO1. The average molecular weight is 229 g/mol. The number of amides is 1. The molecule has 1 fully saturated rings. The first-order valence-corrected chi connectivity index (χ1v) is 5.39. The highest BCUT2D eigenvalue weighted by atomic mass is 16.6. The molecule has 0 spiro atoms. The van der Waals surface area contributed by atoms with Crippen LogP contribution in [0.4, 0.5) is 4.79 Å². The van der Waals surface area contributed by atoms with Crippen LogP contribution in [0, 0.1) is 0 Å². The molecule has 1 aliphatic rings. The van der Waals surface area contributed by atoms with Crippen molar-refractivity contribution in [3.8, 4) is 5.75 Å². The molecule has 17 heavy (non-hydrogen) atoms. The first kappa shape index (κ1) is 9.96. The van der Waals surface area contributed by atoms with Crippen molar-refractivity contribution in [3.63, 3.8) is 0 Å². The minimum atomic E-state index is -0.442. The molecule has 3 rings (SSSR count). The Labute approximate surface area is 97.8 Å². The Balaban J connectivity index is 2.20. The highest BCUT2D eigenvalue weighted by Gasteiger charge is 2.27. The lowest BCUT2D eigenvalue weighted by Crippen LogP contribution is -2.18. The van der Waals surface area contributed by atoms with Gasteiger partial charge in [-0.15, -0.1) is 0 Å². The van der Waals surface area contributed by atoms with Crippen molar-refractivity contribution in [1.29, 1.82) is 0 Å². The summed E-state index contributed by atoms with van der Waals surface area (Å²) >= 11 is 0. The van der Waals surface area contributed by atoms with Crippen LogP contribution in [-0.2, 0) is 4.74 Å². The predicted octanol–water partition coefficient (Wildman–Crippen LogP) is 2.33. The van der Waals surface area contributed by atoms with Gasteiger partial charge in [0.05, 0.1) is 6.04 Å². The van der Waals surface area contributed by atoms with Crippen LogP contribution in [0.3, 0.4) is 0 Å². The minimum absolute atomic E-state index is 0.180. The summed E-state index contributed by atoms with van der Waals surface area (Å²) in [6.45, 7) is 0.250. The van der Waals surface area contributed by atoms with E-state index >= 15 is 0 Å². The Morgan fingerprint density at radius 2 is 2.06 bits per heavy atom. The molecular formula is C13H11NO3. The van der Waals surface area contributed by atoms with Gasteiger partial charge in [-0.3, -0.25) is 0 Å². The third kappa shape index (κ3) is 1.58. The molecule has 0 bridgehead atoms. The standard InChI is InChI=1S/C13H11NO3/c15-11-6-5-8-3-1-2-4-9(8)12(11)10-7-17-13(16)14-10/h1-6,10,15H,7H2,(H,14,16)/t10-/m1/s1. The molecule has 0 aliphatic carbocycles. The van der Waals surface area contributed by atoms with E-state index in [0.717, 1.165) is 10.8 Å². The number of benzene rings is 2. The van der Waals surface area contributed by atoms with Crippen LogP contribution in [0.5, 0.6) is 5.75 Å². The molecule has 4 nitrogen and oxygen atoms in total. The molecule has 1 aliphatic heterocycles. The van der Waals surface area contributed by atoms with E-state index in [-0.39, 0.29) is 18.4 Å². The lowest BCUT2D eigenvalue weighted by Gasteiger charge is -2.13. The Morgan fingerprint density at radius 3 is 2.82 bits per heavy atom. The summed E-state index contributed by atoms with van der Waals surface area (Å²) in [5.41, 5.74) is 0.717. The van der Waals surface area contributed by atoms with Gasteiger partial charge in [0.25, 0.3) is 0 Å². The maximum absolute atomic E-state index is 11.1. The second-order valence-electron chi connectivity index (χ2n) is 4.01. The zero-order chi connectivity index (χ0) is 11.8. The summed E-state index contributed by atoms with van der Waals surface area (Å²) in [6, 6.07) is 10.9. The van der Waals surface area contributed by atoms with E-state index in [9.17, 15) is 9.90 Å². The monoisotopic (exact) mass is 229 g/mol. The van der Waals surface area contributed by atoms with Gasteiger partial charge in [-0.1, -0.05) is 30.3 Å². The zero-order valence-electron chi connectivity index (χ0n) is 9.01. The Hall–Kier alpha value is -2.23. The molecule has 0 unspecified atom stereocenters. The maximum Gasteiger partial charge on any atom is 0.407 e. The number of aromatic hydroxyl groups is 1. The maximum atomic E-state index is 11.1. The molecule has 0 saturated carbocycles. The van der Waals surface area contributed by atoms with E-state index in [1.165, 1.54) is 0 Å². The van der Waals surface area contributed by atoms with Crippen molar-refractivity contribution in [1.82, 2.24) is 5.32 Å². The van der Waals surface area contributed by atoms with Crippen molar-refractivity contribution in [2.24, 2.45) is 0 Å². The Bertz CT molecular complexity index is 594. The van der Waals surface area contributed by atoms with Crippen molar-refractivity contribution < 1.29 is 14.6 Å². The van der Waals surface area contributed by atoms with Crippen molar-refractivity contribution in [2.75, 3.05) is 6.61 Å². The van der Waals surface area contributed by atoms with Gasteiger partial charge in [-0.2, -0.15) is 0 Å². The molecule has 2 N–H and O–H groups in total. The molecular weight excluding hydrogens is 218 g/mol. The van der Waals surface area contributed by atoms with Crippen LogP contribution in [0.15, 0.2) is 36.4 Å². The lowest BCUT2D eigenvalue weighted by molar-refractivity contribution is 0.177. The molecule has 2 aromatic rings. The minimum Gasteiger partial charge on any atom is -0.508 e. The number of phenolic OH excluding ortho intramolecular Hbond substituents is 1. The highest BCUT2D eigenvalue weighted by molar-refractivity contribution is 5.89. The summed E-state index contributed by atoms with van der Waals surface area (Å²) in [7, 11) is 0. The number of alkyl carbamates (subject to hydrolysis) is 1. The first-order valence-electron chi connectivity index (χ1n) is 5.39. The first-order chi connectivity index (χ1) is 8.25. The summed E-state index contributed by atoms with van der Waals surface area (Å²) < 4.78 is 4.86. The van der Waals surface area contributed by atoms with Crippen LogP contribution < -0.4 is 5.32 Å². The molecule has 0 radical (unpaired) electrons. The molecule has 1 saturated heterocycles. The van der Waals surface area contributed by atoms with E-state index in [4.69, 9.17) is 4.74 Å². The van der Waals surface area contributed by atoms with E-state index in [1.807, 2.05) is 30.3 Å². The molecule has 0 aromatic heterocycles. The number of phenols is 1. The van der Waals surface area contributed by atoms with Crippen LogP contribution in [0.1, 0.15) is 11.6 Å². The smallest absolute Gasteiger partial charge is 0.407 e. The summed E-state index contributed by atoms with van der Waals surface area (Å²) in [4.78, 5) is 11.1. The summed E-state index contributed by atoms with van der Waals surface area (Å²) in [6.07, 6.45) is -0.442. The van der Waals surface area contributed by atoms with Crippen LogP contribution in [0.25, 0.3) is 10.8 Å². The molecule has 1 amide bonds. The highest BCUT2D eigenvalue weighted by Crippen LogP contribution is 2.33. The second-order valence-corrected chi connectivity index (χ2v) is 4.01. The van der Waals surface area contributed by atoms with Gasteiger partial charge in [0.1, 0.15) is 12.4 Å². The number of rotatable bonds is 1. The number of fused-ring (bicyclic) bond motifs is 1. The van der Waals surface area contributed by atoms with E-state index in [0.29, 0.717) is 5.56 Å². The number of hydrogen-bond donors (Lipinski definition) is 2. The average Bonchev–Trinajstić information content (AvgIpc) is 2.75. The molecule has 1 atom stereocenters. The van der Waals surface area contributed by atoms with Crippen molar-refractivity contribution in [3.05, 3.63) is 42.0 Å². The van der Waals surface area contributed by atoms with Gasteiger partial charge in [0.15, 0.2) is 0 Å². The fraction of sp³-hybridized carbons (Fsp3) is 0.154. The molecule has 4 heteroatoms. The Morgan fingerprint density at radius 1 is 1.24 bits per heavy atom. The van der Waals surface area contributed by atoms with Gasteiger partial charge in [-0.25, -0.2) is 4.79 Å². The lowest BCUT2D eigenvalue weighted by atomic mass is 9.98. The fourth-order valence-corrected chi connectivity index (χ4v) is 2.19. The number of ether oxygens (including phenoxy) is 1. The van der Waals surface area contributed by atoms with Gasteiger partial charge in [-0.05, 0) is 16.8 Å². The number of carbonyl (C=O) groups is 1. The van der Waals surface area contributed by atoms with Gasteiger partial charge in [0.2, 0.25) is 0 Å². The summed E-state index contributed by atoms with van der Waals surface area (Å²) in [5, 5.41) is 14.6. The van der Waals surface area contributed by atoms with Crippen LogP contribution >= 0.6 is 0 Å². The third-order valence-electron chi connectivity index (χ3n) is 2.97. The van der Waals surface area contributed by atoms with Gasteiger partial charge in [0, 0.05) is 5.56 Å². The van der Waals surface area contributed by atoms with Crippen LogP contribution in [0.2, 0.25) is 0 Å². The number of nitrogens with one attached hydrogen (secondary N) is 1. The number of hydrogen-bond acceptors (Lipinski definition) is 3. The van der Waals surface area contributed by atoms with E-state index in [1.54, 1.807) is 6.07 Å². The largest absolute Gasteiger partial charge is 0.508 e. The molecule has 2 aromatic carbocycles. The molecule has 1 heterocycles. The summed E-state index contributed by atoms with van der Waals surface area (Å²) in [5.74, 6) is 0.180. The van der Waals surface area contributed by atoms with Gasteiger partial charge < -0.3 is 15.2 Å². The van der Waals surface area contributed by atoms with Crippen molar-refractivity contribution in [2.45, 2.75) is 6.04 Å². The van der Waals surface area contributed by atoms with E-state index in [2.05, 4.69) is 5.32 Å². The normalized spacial score (nSPS) is 19.1.